The Labute approximate surface area is 187 Å². The Bertz CT molecular complexity index is 1160. The molecule has 3 aromatic heterocycles. The molecule has 1 N–H and O–H groups in total. The molecule has 1 amide bonds. The van der Waals surface area contributed by atoms with Gasteiger partial charge in [0.2, 0.25) is 11.9 Å². The molecular weight excluding hydrogens is 404 g/mol. The second-order valence-corrected chi connectivity index (χ2v) is 8.12. The highest BCUT2D eigenvalue weighted by Gasteiger charge is 2.32. The number of hydrogen-bond acceptors (Lipinski definition) is 7. The zero-order chi connectivity index (χ0) is 22.8. The molecule has 1 aliphatic rings. The van der Waals surface area contributed by atoms with Gasteiger partial charge in [-0.3, -0.25) is 14.5 Å². The van der Waals surface area contributed by atoms with E-state index in [-0.39, 0.29) is 11.9 Å². The van der Waals surface area contributed by atoms with Crippen LogP contribution in [-0.4, -0.2) is 47.1 Å². The summed E-state index contributed by atoms with van der Waals surface area (Å²) in [5, 5.41) is 7.62. The second-order valence-electron chi connectivity index (χ2n) is 8.12. The van der Waals surface area contributed by atoms with E-state index in [1.165, 1.54) is 0 Å². The minimum Gasteiger partial charge on any atom is -0.330 e. The molecule has 9 nitrogen and oxygen atoms in total. The molecule has 0 aromatic carbocycles. The number of carbonyl (C=O) groups is 1. The number of carbonyl (C=O) groups excluding carboxylic acids is 1. The molecule has 0 aliphatic carbocycles. The van der Waals surface area contributed by atoms with Crippen LogP contribution in [0, 0.1) is 27.7 Å². The van der Waals surface area contributed by atoms with Gasteiger partial charge >= 0.3 is 0 Å². The number of aryl methyl sites for hydroxylation is 4. The highest BCUT2D eigenvalue weighted by Crippen LogP contribution is 2.34. The first-order valence-corrected chi connectivity index (χ1v) is 10.7. The molecule has 1 aliphatic heterocycles. The Morgan fingerprint density at radius 1 is 1.12 bits per heavy atom. The fourth-order valence-electron chi connectivity index (χ4n) is 4.17. The molecule has 1 saturated heterocycles. The number of anilines is 2. The molecule has 3 aromatic rings. The summed E-state index contributed by atoms with van der Waals surface area (Å²) in [6.07, 6.45) is 8.50. The predicted octanol–water partition coefficient (Wildman–Crippen LogP) is 3.35. The van der Waals surface area contributed by atoms with E-state index in [4.69, 9.17) is 0 Å². The van der Waals surface area contributed by atoms with Crippen molar-refractivity contribution in [2.75, 3.05) is 11.9 Å². The average molecular weight is 433 g/mol. The molecule has 1 atom stereocenters. The lowest BCUT2D eigenvalue weighted by molar-refractivity contribution is -0.126. The Morgan fingerprint density at radius 2 is 1.84 bits per heavy atom. The van der Waals surface area contributed by atoms with Crippen molar-refractivity contribution >= 4 is 23.7 Å². The summed E-state index contributed by atoms with van der Waals surface area (Å²) in [6, 6.07) is 1.75. The number of likely N-dealkylation sites (tertiary alicyclic amines) is 1. The summed E-state index contributed by atoms with van der Waals surface area (Å²) in [5.41, 5.74) is 5.37. The molecular formula is C23H28N8O. The van der Waals surface area contributed by atoms with Crippen LogP contribution in [0.3, 0.4) is 0 Å². The van der Waals surface area contributed by atoms with Gasteiger partial charge in [-0.15, -0.1) is 0 Å². The standard InChI is InChI=1S/C23H28N8O/c1-14-13-15(2)27-23(26-14)28-22-21(24-10-11-25-22)19-7-6-12-31(19)20(32)9-8-18-16(3)29-30(5)17(18)4/h8-11,13,19H,6-7,12H2,1-5H3,(H,25,26,27,28)/b9-8+/t19-/m0/s1. The van der Waals surface area contributed by atoms with Gasteiger partial charge < -0.3 is 10.2 Å². The van der Waals surface area contributed by atoms with Gasteiger partial charge in [-0.25, -0.2) is 15.0 Å². The normalized spacial score (nSPS) is 16.2. The maximum atomic E-state index is 13.1. The smallest absolute Gasteiger partial charge is 0.247 e. The Kier molecular flexibility index (Phi) is 5.98. The Hall–Kier alpha value is -3.62. The molecule has 1 fully saturated rings. The van der Waals surface area contributed by atoms with E-state index >= 15 is 0 Å². The number of rotatable bonds is 5. The van der Waals surface area contributed by atoms with Crippen LogP contribution in [0.5, 0.6) is 0 Å². The third-order valence-electron chi connectivity index (χ3n) is 5.75. The quantitative estimate of drug-likeness (QED) is 0.617. The first kappa shape index (κ1) is 21.6. The van der Waals surface area contributed by atoms with E-state index in [9.17, 15) is 4.79 Å². The lowest BCUT2D eigenvalue weighted by Crippen LogP contribution is -2.30. The molecule has 0 bridgehead atoms. The largest absolute Gasteiger partial charge is 0.330 e. The lowest BCUT2D eigenvalue weighted by Gasteiger charge is -2.24. The van der Waals surface area contributed by atoms with Crippen molar-refractivity contribution in [2.45, 2.75) is 46.6 Å². The first-order valence-electron chi connectivity index (χ1n) is 10.7. The van der Waals surface area contributed by atoms with E-state index in [2.05, 4.69) is 30.4 Å². The highest BCUT2D eigenvalue weighted by molar-refractivity contribution is 5.92. The van der Waals surface area contributed by atoms with Crippen LogP contribution in [0.1, 0.15) is 52.9 Å². The number of hydrogen-bond donors (Lipinski definition) is 1. The molecule has 166 valence electrons. The van der Waals surface area contributed by atoms with Gasteiger partial charge in [-0.2, -0.15) is 5.10 Å². The summed E-state index contributed by atoms with van der Waals surface area (Å²) in [6.45, 7) is 8.46. The summed E-state index contributed by atoms with van der Waals surface area (Å²) in [4.78, 5) is 32.9. The summed E-state index contributed by atoms with van der Waals surface area (Å²) < 4.78 is 1.82. The molecule has 9 heteroatoms. The minimum absolute atomic E-state index is 0.0468. The van der Waals surface area contributed by atoms with Gasteiger partial charge in [0.25, 0.3) is 0 Å². The van der Waals surface area contributed by atoms with Crippen LogP contribution in [-0.2, 0) is 11.8 Å². The fraction of sp³-hybridized carbons (Fsp3) is 0.391. The minimum atomic E-state index is -0.162. The molecule has 0 unspecified atom stereocenters. The van der Waals surface area contributed by atoms with Crippen LogP contribution in [0.15, 0.2) is 24.5 Å². The van der Waals surface area contributed by atoms with Crippen LogP contribution in [0.25, 0.3) is 6.08 Å². The van der Waals surface area contributed by atoms with Crippen molar-refractivity contribution in [1.82, 2.24) is 34.6 Å². The van der Waals surface area contributed by atoms with Crippen molar-refractivity contribution in [3.05, 3.63) is 58.6 Å². The summed E-state index contributed by atoms with van der Waals surface area (Å²) >= 11 is 0. The van der Waals surface area contributed by atoms with Crippen molar-refractivity contribution in [1.29, 1.82) is 0 Å². The predicted molar refractivity (Wildman–Crippen MR) is 122 cm³/mol. The molecule has 0 saturated carbocycles. The average Bonchev–Trinajstić information content (AvgIpc) is 3.31. The second kappa shape index (κ2) is 8.86. The molecule has 0 spiro atoms. The Morgan fingerprint density at radius 3 is 2.53 bits per heavy atom. The van der Waals surface area contributed by atoms with Gasteiger partial charge in [0, 0.05) is 54.7 Å². The first-order chi connectivity index (χ1) is 15.3. The topological polar surface area (TPSA) is 102 Å². The zero-order valence-electron chi connectivity index (χ0n) is 19.1. The maximum absolute atomic E-state index is 13.1. The molecule has 4 rings (SSSR count). The fourth-order valence-corrected chi connectivity index (χ4v) is 4.17. The third-order valence-corrected chi connectivity index (χ3v) is 5.75. The number of nitrogens with zero attached hydrogens (tertiary/aromatic N) is 7. The molecule has 0 radical (unpaired) electrons. The van der Waals surface area contributed by atoms with E-state index in [0.29, 0.717) is 18.3 Å². The van der Waals surface area contributed by atoms with Gasteiger partial charge in [0.05, 0.1) is 11.7 Å². The highest BCUT2D eigenvalue weighted by atomic mass is 16.2. The van der Waals surface area contributed by atoms with E-state index in [1.54, 1.807) is 18.5 Å². The maximum Gasteiger partial charge on any atom is 0.247 e. The van der Waals surface area contributed by atoms with Gasteiger partial charge in [-0.05, 0) is 52.7 Å². The zero-order valence-corrected chi connectivity index (χ0v) is 19.1. The molecule has 4 heterocycles. The van der Waals surface area contributed by atoms with Gasteiger partial charge in [-0.1, -0.05) is 0 Å². The number of aromatic nitrogens is 6. The van der Waals surface area contributed by atoms with Crippen LogP contribution < -0.4 is 5.32 Å². The SMILES string of the molecule is Cc1cc(C)nc(Nc2nccnc2[C@@H]2CCCN2C(=O)/C=C/c2c(C)nn(C)c2C)n1. The van der Waals surface area contributed by atoms with Crippen LogP contribution in [0.4, 0.5) is 11.8 Å². The van der Waals surface area contributed by atoms with Crippen molar-refractivity contribution in [2.24, 2.45) is 7.05 Å². The van der Waals surface area contributed by atoms with E-state index in [1.807, 2.05) is 56.5 Å². The summed E-state index contributed by atoms with van der Waals surface area (Å²) in [5.74, 6) is 1.00. The third kappa shape index (κ3) is 4.37. The van der Waals surface area contributed by atoms with Crippen molar-refractivity contribution in [3.63, 3.8) is 0 Å². The van der Waals surface area contributed by atoms with Gasteiger partial charge in [0.1, 0.15) is 5.69 Å². The van der Waals surface area contributed by atoms with Gasteiger partial charge in [0.15, 0.2) is 5.82 Å². The van der Waals surface area contributed by atoms with E-state index < -0.39 is 0 Å². The monoisotopic (exact) mass is 432 g/mol. The van der Waals surface area contributed by atoms with Crippen LogP contribution >= 0.6 is 0 Å². The Balaban J connectivity index is 1.58. The van der Waals surface area contributed by atoms with Crippen LogP contribution in [0.2, 0.25) is 0 Å². The summed E-state index contributed by atoms with van der Waals surface area (Å²) in [7, 11) is 1.90. The number of amides is 1. The van der Waals surface area contributed by atoms with Crippen molar-refractivity contribution in [3.8, 4) is 0 Å². The molecule has 32 heavy (non-hydrogen) atoms. The van der Waals surface area contributed by atoms with Crippen molar-refractivity contribution < 1.29 is 4.79 Å². The lowest BCUT2D eigenvalue weighted by atomic mass is 10.1. The number of nitrogens with one attached hydrogen (secondary N) is 1. The van der Waals surface area contributed by atoms with E-state index in [0.717, 1.165) is 46.9 Å².